The van der Waals surface area contributed by atoms with Gasteiger partial charge in [-0.2, -0.15) is 0 Å². The fraction of sp³-hybridized carbons (Fsp3) is 0.241. The summed E-state index contributed by atoms with van der Waals surface area (Å²) < 4.78 is 5.40. The lowest BCUT2D eigenvalue weighted by atomic mass is 9.96. The third-order valence-corrected chi connectivity index (χ3v) is 8.07. The van der Waals surface area contributed by atoms with Gasteiger partial charge in [0.1, 0.15) is 22.7 Å². The van der Waals surface area contributed by atoms with E-state index in [0.29, 0.717) is 41.6 Å². The number of amides is 2. The minimum Gasteiger partial charge on any atom is -0.360 e. The van der Waals surface area contributed by atoms with Crippen LogP contribution in [-0.2, 0) is 0 Å². The van der Waals surface area contributed by atoms with Crippen LogP contribution in [0, 0.1) is 6.92 Å². The topological polar surface area (TPSA) is 117 Å². The number of thiazole rings is 1. The van der Waals surface area contributed by atoms with Crippen LogP contribution in [0.5, 0.6) is 0 Å². The van der Waals surface area contributed by atoms with Crippen LogP contribution < -0.4 is 10.4 Å². The first-order valence-electron chi connectivity index (χ1n) is 13.0. The van der Waals surface area contributed by atoms with Crippen LogP contribution in [0.15, 0.2) is 70.7 Å². The van der Waals surface area contributed by atoms with Crippen LogP contribution in [0.3, 0.4) is 0 Å². The summed E-state index contributed by atoms with van der Waals surface area (Å²) in [4.78, 5) is 41.8. The molecule has 0 radical (unpaired) electrons. The van der Waals surface area contributed by atoms with Gasteiger partial charge in [-0.15, -0.1) is 11.3 Å². The summed E-state index contributed by atoms with van der Waals surface area (Å²) in [5.74, 6) is 0.829. The summed E-state index contributed by atoms with van der Waals surface area (Å²) in [6, 6.07) is 17.2. The Hall–Kier alpha value is -4.64. The van der Waals surface area contributed by atoms with Gasteiger partial charge in [0.05, 0.1) is 22.2 Å². The van der Waals surface area contributed by atoms with E-state index in [4.69, 9.17) is 4.52 Å². The number of fused-ring (bicyclic) bond motifs is 1. The van der Waals surface area contributed by atoms with Crippen molar-refractivity contribution in [3.8, 4) is 11.3 Å². The minimum absolute atomic E-state index is 0.0740. The summed E-state index contributed by atoms with van der Waals surface area (Å²) >= 11 is 1.47. The van der Waals surface area contributed by atoms with Crippen LogP contribution in [0.4, 0.5) is 5.82 Å². The lowest BCUT2D eigenvalue weighted by molar-refractivity contribution is 0.0711. The Morgan fingerprint density at radius 3 is 2.52 bits per heavy atom. The van der Waals surface area contributed by atoms with Crippen LogP contribution in [-0.4, -0.2) is 57.0 Å². The first-order chi connectivity index (χ1) is 19.5. The number of likely N-dealkylation sites (tertiary alicyclic amines) is 1. The average molecular weight is 554 g/mol. The van der Waals surface area contributed by atoms with Crippen molar-refractivity contribution in [2.24, 2.45) is 0 Å². The first-order valence-corrected chi connectivity index (χ1v) is 13.9. The average Bonchev–Trinajstić information content (AvgIpc) is 3.64. The van der Waals surface area contributed by atoms with Crippen LogP contribution in [0.25, 0.3) is 22.3 Å². The first kappa shape index (κ1) is 25.6. The summed E-state index contributed by atoms with van der Waals surface area (Å²) in [6.07, 6.45) is 3.14. The molecule has 1 aliphatic rings. The van der Waals surface area contributed by atoms with Gasteiger partial charge < -0.3 is 9.42 Å². The Morgan fingerprint density at radius 2 is 1.75 bits per heavy atom. The largest absolute Gasteiger partial charge is 0.360 e. The number of anilines is 1. The van der Waals surface area contributed by atoms with Gasteiger partial charge in [0.15, 0.2) is 5.82 Å². The molecule has 6 rings (SSSR count). The van der Waals surface area contributed by atoms with Gasteiger partial charge in [0, 0.05) is 37.0 Å². The predicted molar refractivity (Wildman–Crippen MR) is 152 cm³/mol. The molecule has 1 N–H and O–H groups in total. The Kier molecular flexibility index (Phi) is 6.95. The molecule has 1 fully saturated rings. The number of aryl methyl sites for hydroxylation is 1. The highest BCUT2D eigenvalue weighted by molar-refractivity contribution is 7.09. The van der Waals surface area contributed by atoms with Crippen molar-refractivity contribution in [3.05, 3.63) is 88.2 Å². The molecular weight excluding hydrogens is 526 g/mol. The molecule has 2 amide bonds. The minimum atomic E-state index is -0.316. The van der Waals surface area contributed by atoms with Gasteiger partial charge in [-0.25, -0.2) is 9.97 Å². The number of nitrogens with one attached hydrogen (secondary N) is 1. The zero-order valence-corrected chi connectivity index (χ0v) is 22.9. The van der Waals surface area contributed by atoms with E-state index in [-0.39, 0.29) is 17.7 Å². The number of aromatic nitrogens is 4. The van der Waals surface area contributed by atoms with Gasteiger partial charge in [-0.3, -0.25) is 25.0 Å². The molecule has 0 bridgehead atoms. The number of piperidine rings is 1. The van der Waals surface area contributed by atoms with Crippen molar-refractivity contribution in [2.75, 3.05) is 25.1 Å². The molecule has 0 unspecified atom stereocenters. The number of hydrazine groups is 1. The molecule has 0 saturated carbocycles. The number of hydrogen-bond acceptors (Lipinski definition) is 9. The molecule has 1 saturated heterocycles. The van der Waals surface area contributed by atoms with E-state index in [0.717, 1.165) is 34.4 Å². The quantitative estimate of drug-likeness (QED) is 0.297. The highest BCUT2D eigenvalue weighted by atomic mass is 32.1. The van der Waals surface area contributed by atoms with Crippen molar-refractivity contribution in [2.45, 2.75) is 25.7 Å². The summed E-state index contributed by atoms with van der Waals surface area (Å²) in [7, 11) is 1.72. The van der Waals surface area contributed by atoms with E-state index in [1.54, 1.807) is 30.6 Å². The van der Waals surface area contributed by atoms with Crippen molar-refractivity contribution in [1.29, 1.82) is 0 Å². The van der Waals surface area contributed by atoms with Gasteiger partial charge in [-0.05, 0) is 31.9 Å². The Labute approximate surface area is 234 Å². The Balaban J connectivity index is 1.08. The van der Waals surface area contributed by atoms with Crippen molar-refractivity contribution in [1.82, 2.24) is 30.4 Å². The molecule has 202 valence electrons. The third kappa shape index (κ3) is 5.03. The van der Waals surface area contributed by atoms with Crippen molar-refractivity contribution < 1.29 is 14.1 Å². The second kappa shape index (κ2) is 10.9. The van der Waals surface area contributed by atoms with E-state index < -0.39 is 0 Å². The zero-order chi connectivity index (χ0) is 27.6. The second-order valence-corrected chi connectivity index (χ2v) is 10.6. The van der Waals surface area contributed by atoms with E-state index >= 15 is 0 Å². The Bertz CT molecular complexity index is 1680. The van der Waals surface area contributed by atoms with Crippen LogP contribution in [0.1, 0.15) is 50.4 Å². The smallest absolute Gasteiger partial charge is 0.289 e. The van der Waals surface area contributed by atoms with Crippen molar-refractivity contribution in [3.63, 3.8) is 0 Å². The highest BCUT2D eigenvalue weighted by Gasteiger charge is 2.31. The number of nitrogens with zero attached hydrogens (tertiary/aromatic N) is 6. The van der Waals surface area contributed by atoms with Crippen LogP contribution >= 0.6 is 11.3 Å². The molecular formula is C29H27N7O3S. The maximum Gasteiger partial charge on any atom is 0.289 e. The van der Waals surface area contributed by atoms with E-state index in [9.17, 15) is 9.59 Å². The van der Waals surface area contributed by atoms with E-state index in [2.05, 4.69) is 25.5 Å². The second-order valence-electron chi connectivity index (χ2n) is 9.68. The maximum absolute atomic E-state index is 13.5. The van der Waals surface area contributed by atoms with E-state index in [1.807, 2.05) is 59.5 Å². The van der Waals surface area contributed by atoms with Gasteiger partial charge >= 0.3 is 0 Å². The van der Waals surface area contributed by atoms with Gasteiger partial charge in [-0.1, -0.05) is 47.6 Å². The summed E-state index contributed by atoms with van der Waals surface area (Å²) in [5.41, 5.74) is 6.65. The highest BCUT2D eigenvalue weighted by Crippen LogP contribution is 2.33. The van der Waals surface area contributed by atoms with Crippen molar-refractivity contribution >= 4 is 40.0 Å². The number of carbonyl (C=O) groups is 2. The molecule has 2 aromatic carbocycles. The monoisotopic (exact) mass is 553 g/mol. The molecule has 3 aromatic heterocycles. The Morgan fingerprint density at radius 1 is 1.02 bits per heavy atom. The molecule has 0 atom stereocenters. The maximum atomic E-state index is 13.5. The zero-order valence-electron chi connectivity index (χ0n) is 22.1. The van der Waals surface area contributed by atoms with Gasteiger partial charge in [0.2, 0.25) is 0 Å². The molecule has 1 aliphatic heterocycles. The standard InChI is InChI=1S/C29H27N7O3S/c1-18-25(26(34-39-18)19-8-4-3-5-9-19)29(38)36-14-12-20(13-15-36)28-32-23(17-40-28)27(37)33-35(2)24-16-30-21-10-6-7-11-22(21)31-24/h3-11,16-17,20H,12-15H2,1-2H3,(H,33,37). The summed E-state index contributed by atoms with van der Waals surface area (Å²) in [6.45, 7) is 2.95. The number of para-hydroxylation sites is 2. The number of rotatable bonds is 6. The molecule has 5 aromatic rings. The molecule has 10 nitrogen and oxygen atoms in total. The van der Waals surface area contributed by atoms with E-state index in [1.165, 1.54) is 11.3 Å². The van der Waals surface area contributed by atoms with Gasteiger partial charge in [0.25, 0.3) is 11.8 Å². The normalized spacial score (nSPS) is 13.9. The lowest BCUT2D eigenvalue weighted by Crippen LogP contribution is -2.40. The number of carbonyl (C=O) groups excluding carboxylic acids is 2. The molecule has 4 heterocycles. The van der Waals surface area contributed by atoms with Crippen LogP contribution in [0.2, 0.25) is 0 Å². The number of hydrogen-bond donors (Lipinski definition) is 1. The molecule has 0 aliphatic carbocycles. The molecule has 11 heteroatoms. The molecule has 0 spiro atoms. The molecule has 40 heavy (non-hydrogen) atoms. The predicted octanol–water partition coefficient (Wildman–Crippen LogP) is 4.85. The fourth-order valence-corrected chi connectivity index (χ4v) is 5.83. The summed E-state index contributed by atoms with van der Waals surface area (Å²) in [5, 5.41) is 8.37. The fourth-order valence-electron chi connectivity index (χ4n) is 4.86. The SMILES string of the molecule is Cc1onc(-c2ccccc2)c1C(=O)N1CCC(c2nc(C(=O)NN(C)c3cnc4ccccc4n3)cs2)CC1. The lowest BCUT2D eigenvalue weighted by Gasteiger charge is -2.31. The number of benzene rings is 2. The third-order valence-electron chi connectivity index (χ3n) is 7.06.